The van der Waals surface area contributed by atoms with Gasteiger partial charge in [0.25, 0.3) is 0 Å². The van der Waals surface area contributed by atoms with Crippen molar-refractivity contribution in [3.05, 3.63) is 30.6 Å². The first-order valence-electron chi connectivity index (χ1n) is 5.90. The standard InChI is InChI=1S/C11H14ClN5O2S/c1-9(6-12)7-20(18,19)14-10-2-4-11(5-3-10)17-8-13-15-16-17/h2-5,8-9,14H,6-7H2,1H3. The van der Waals surface area contributed by atoms with Crippen LogP contribution in [0.2, 0.25) is 0 Å². The van der Waals surface area contributed by atoms with Gasteiger partial charge < -0.3 is 0 Å². The lowest BCUT2D eigenvalue weighted by Gasteiger charge is -2.11. The van der Waals surface area contributed by atoms with Crippen molar-refractivity contribution in [3.63, 3.8) is 0 Å². The third kappa shape index (κ3) is 3.91. The lowest BCUT2D eigenvalue weighted by Crippen LogP contribution is -2.22. The van der Waals surface area contributed by atoms with Crippen molar-refractivity contribution in [1.82, 2.24) is 20.2 Å². The molecule has 0 saturated carbocycles. The molecule has 0 spiro atoms. The summed E-state index contributed by atoms with van der Waals surface area (Å²) in [7, 11) is -3.39. The number of nitrogens with one attached hydrogen (secondary N) is 1. The van der Waals surface area contributed by atoms with Gasteiger partial charge in [-0.15, -0.1) is 16.7 Å². The minimum Gasteiger partial charge on any atom is -0.284 e. The van der Waals surface area contributed by atoms with E-state index in [9.17, 15) is 8.42 Å². The molecule has 1 aromatic heterocycles. The van der Waals surface area contributed by atoms with Crippen LogP contribution in [0.25, 0.3) is 5.69 Å². The van der Waals surface area contributed by atoms with Crippen molar-refractivity contribution in [2.24, 2.45) is 5.92 Å². The van der Waals surface area contributed by atoms with Crippen molar-refractivity contribution in [1.29, 1.82) is 0 Å². The van der Waals surface area contributed by atoms with Crippen molar-refractivity contribution < 1.29 is 8.42 Å². The largest absolute Gasteiger partial charge is 0.284 e. The first kappa shape index (κ1) is 14.7. The molecule has 20 heavy (non-hydrogen) atoms. The Morgan fingerprint density at radius 1 is 1.35 bits per heavy atom. The zero-order valence-electron chi connectivity index (χ0n) is 10.8. The molecule has 1 N–H and O–H groups in total. The Hall–Kier alpha value is -1.67. The molecule has 0 saturated heterocycles. The van der Waals surface area contributed by atoms with E-state index in [1.807, 2.05) is 0 Å². The zero-order valence-corrected chi connectivity index (χ0v) is 12.3. The van der Waals surface area contributed by atoms with E-state index in [1.165, 1.54) is 11.0 Å². The molecule has 7 nitrogen and oxygen atoms in total. The number of rotatable bonds is 6. The van der Waals surface area contributed by atoms with Crippen molar-refractivity contribution in [3.8, 4) is 5.69 Å². The van der Waals surface area contributed by atoms with Crippen LogP contribution in [0.4, 0.5) is 5.69 Å². The Balaban J connectivity index is 2.07. The fourth-order valence-electron chi connectivity index (χ4n) is 1.60. The summed E-state index contributed by atoms with van der Waals surface area (Å²) < 4.78 is 27.7. The number of sulfonamides is 1. The van der Waals surface area contributed by atoms with Gasteiger partial charge >= 0.3 is 0 Å². The molecule has 0 aliphatic rings. The van der Waals surface area contributed by atoms with Crippen LogP contribution in [0, 0.1) is 5.92 Å². The zero-order chi connectivity index (χ0) is 14.6. The van der Waals surface area contributed by atoms with Crippen LogP contribution in [0.15, 0.2) is 30.6 Å². The number of anilines is 1. The van der Waals surface area contributed by atoms with E-state index < -0.39 is 10.0 Å². The lowest BCUT2D eigenvalue weighted by atomic mass is 10.3. The van der Waals surface area contributed by atoms with E-state index in [4.69, 9.17) is 11.6 Å². The molecule has 1 unspecified atom stereocenters. The predicted molar refractivity (Wildman–Crippen MR) is 76.4 cm³/mol. The number of alkyl halides is 1. The molecule has 0 aliphatic heterocycles. The second-order valence-electron chi connectivity index (χ2n) is 4.44. The van der Waals surface area contributed by atoms with Crippen molar-refractivity contribution in [2.45, 2.75) is 6.92 Å². The Morgan fingerprint density at radius 3 is 2.60 bits per heavy atom. The summed E-state index contributed by atoms with van der Waals surface area (Å²) in [6, 6.07) is 6.75. The van der Waals surface area contributed by atoms with Crippen LogP contribution in [0.1, 0.15) is 6.92 Å². The van der Waals surface area contributed by atoms with E-state index in [2.05, 4.69) is 20.2 Å². The maximum Gasteiger partial charge on any atom is 0.233 e. The number of tetrazole rings is 1. The van der Waals surface area contributed by atoms with Crippen LogP contribution in [-0.2, 0) is 10.0 Å². The molecular weight excluding hydrogens is 302 g/mol. The molecule has 0 fully saturated rings. The first-order valence-corrected chi connectivity index (χ1v) is 8.09. The molecule has 1 heterocycles. The van der Waals surface area contributed by atoms with Gasteiger partial charge in [-0.25, -0.2) is 13.1 Å². The van der Waals surface area contributed by atoms with Crippen molar-refractivity contribution in [2.75, 3.05) is 16.4 Å². The summed E-state index contributed by atoms with van der Waals surface area (Å²) in [4.78, 5) is 0. The number of hydrogen-bond acceptors (Lipinski definition) is 5. The fourth-order valence-corrected chi connectivity index (χ4v) is 3.29. The molecule has 0 radical (unpaired) electrons. The van der Waals surface area contributed by atoms with Crippen LogP contribution < -0.4 is 4.72 Å². The van der Waals surface area contributed by atoms with Gasteiger partial charge in [0.15, 0.2) is 0 Å². The van der Waals surface area contributed by atoms with E-state index >= 15 is 0 Å². The Kier molecular flexibility index (Phi) is 4.56. The van der Waals surface area contributed by atoms with Gasteiger partial charge in [0.2, 0.25) is 10.0 Å². The van der Waals surface area contributed by atoms with Crippen molar-refractivity contribution >= 4 is 27.3 Å². The van der Waals surface area contributed by atoms with E-state index in [-0.39, 0.29) is 11.7 Å². The number of halogens is 1. The SMILES string of the molecule is CC(CCl)CS(=O)(=O)Nc1ccc(-n2cnnn2)cc1. The number of benzene rings is 1. The lowest BCUT2D eigenvalue weighted by molar-refractivity contribution is 0.588. The molecule has 1 aromatic carbocycles. The number of aromatic nitrogens is 4. The smallest absolute Gasteiger partial charge is 0.233 e. The maximum absolute atomic E-state index is 11.9. The van der Waals surface area contributed by atoms with Gasteiger partial charge in [0.1, 0.15) is 6.33 Å². The summed E-state index contributed by atoms with van der Waals surface area (Å²) in [5.74, 6) is 0.194. The van der Waals surface area contributed by atoms with Gasteiger partial charge in [-0.2, -0.15) is 0 Å². The summed E-state index contributed by atoms with van der Waals surface area (Å²) in [5, 5.41) is 10.8. The number of hydrogen-bond donors (Lipinski definition) is 1. The maximum atomic E-state index is 11.9. The third-order valence-electron chi connectivity index (χ3n) is 2.52. The molecule has 1 atom stereocenters. The van der Waals surface area contributed by atoms with Gasteiger partial charge in [-0.1, -0.05) is 6.92 Å². The number of nitrogens with zero attached hydrogens (tertiary/aromatic N) is 4. The van der Waals surface area contributed by atoms with Gasteiger partial charge in [0.05, 0.1) is 11.4 Å². The molecule has 2 aromatic rings. The van der Waals surface area contributed by atoms with Crippen LogP contribution in [-0.4, -0.2) is 40.3 Å². The average Bonchev–Trinajstić information content (AvgIpc) is 2.92. The first-order chi connectivity index (χ1) is 9.50. The van der Waals surface area contributed by atoms with Crippen LogP contribution >= 0.6 is 11.6 Å². The highest BCUT2D eigenvalue weighted by Crippen LogP contribution is 2.14. The fraction of sp³-hybridized carbons (Fsp3) is 0.364. The second-order valence-corrected chi connectivity index (χ2v) is 6.52. The molecular formula is C11H14ClN5O2S. The summed E-state index contributed by atoms with van der Waals surface area (Å²) in [5.41, 5.74) is 1.23. The predicted octanol–water partition coefficient (Wildman–Crippen LogP) is 1.28. The van der Waals surface area contributed by atoms with E-state index in [0.29, 0.717) is 11.6 Å². The molecule has 0 amide bonds. The minimum atomic E-state index is -3.39. The quantitative estimate of drug-likeness (QED) is 0.811. The molecule has 2 rings (SSSR count). The van der Waals surface area contributed by atoms with Gasteiger partial charge in [0, 0.05) is 11.6 Å². The average molecular weight is 316 g/mol. The molecule has 9 heteroatoms. The van der Waals surface area contributed by atoms with E-state index in [1.54, 1.807) is 31.2 Å². The summed E-state index contributed by atoms with van der Waals surface area (Å²) in [6.07, 6.45) is 1.46. The molecule has 0 aliphatic carbocycles. The highest BCUT2D eigenvalue weighted by molar-refractivity contribution is 7.92. The summed E-state index contributed by atoms with van der Waals surface area (Å²) >= 11 is 5.63. The highest BCUT2D eigenvalue weighted by atomic mass is 35.5. The Morgan fingerprint density at radius 2 is 2.05 bits per heavy atom. The van der Waals surface area contributed by atoms with Gasteiger partial charge in [-0.05, 0) is 40.6 Å². The van der Waals surface area contributed by atoms with Crippen LogP contribution in [0.5, 0.6) is 0 Å². The van der Waals surface area contributed by atoms with Crippen LogP contribution in [0.3, 0.4) is 0 Å². The topological polar surface area (TPSA) is 89.8 Å². The monoisotopic (exact) mass is 315 g/mol. The van der Waals surface area contributed by atoms with Gasteiger partial charge in [-0.3, -0.25) is 4.72 Å². The van der Waals surface area contributed by atoms with E-state index in [0.717, 1.165) is 5.69 Å². The molecule has 108 valence electrons. The second kappa shape index (κ2) is 6.19. The Bertz CT molecular complexity index is 642. The third-order valence-corrected chi connectivity index (χ3v) is 4.60. The Labute approximate surface area is 122 Å². The molecule has 0 bridgehead atoms. The highest BCUT2D eigenvalue weighted by Gasteiger charge is 2.15. The summed E-state index contributed by atoms with van der Waals surface area (Å²) in [6.45, 7) is 1.78. The minimum absolute atomic E-state index is 0.00868. The normalized spacial score (nSPS) is 13.1.